The van der Waals surface area contributed by atoms with Gasteiger partial charge in [0.1, 0.15) is 6.26 Å². The highest BCUT2D eigenvalue weighted by Gasteiger charge is 2.34. The summed E-state index contributed by atoms with van der Waals surface area (Å²) in [5.41, 5.74) is 1.09. The molecule has 19 heavy (non-hydrogen) atoms. The molecule has 0 saturated heterocycles. The largest absolute Gasteiger partial charge is 0.448 e. The monoisotopic (exact) mass is 266 g/mol. The lowest BCUT2D eigenvalue weighted by molar-refractivity contribution is 0.0859. The van der Waals surface area contributed by atoms with Crippen LogP contribution in [-0.4, -0.2) is 35.2 Å². The van der Waals surface area contributed by atoms with Crippen LogP contribution in [0.15, 0.2) is 10.7 Å². The molecule has 1 saturated carbocycles. The molecule has 1 aliphatic rings. The lowest BCUT2D eigenvalue weighted by atomic mass is 9.87. The van der Waals surface area contributed by atoms with Gasteiger partial charge in [0.2, 0.25) is 0 Å². The molecule has 108 valence electrons. The van der Waals surface area contributed by atoms with Crippen molar-refractivity contribution in [3.05, 3.63) is 17.8 Å². The zero-order valence-electron chi connectivity index (χ0n) is 12.4. The molecule has 0 bridgehead atoms. The van der Waals surface area contributed by atoms with Crippen LogP contribution in [0.25, 0.3) is 0 Å². The van der Waals surface area contributed by atoms with Crippen LogP contribution in [0.5, 0.6) is 0 Å². The number of aliphatic hydroxyl groups excluding tert-OH is 1. The Labute approximate surface area is 115 Å². The van der Waals surface area contributed by atoms with E-state index in [0.717, 1.165) is 37.5 Å². The standard InChI is InChI=1S/C15H26N2O2/c1-12(2)14-16-13(9-19-14)8-17(3)10-15(11-18)6-4-5-7-15/h9,12,18H,4-8,10-11H2,1-3H3. The summed E-state index contributed by atoms with van der Waals surface area (Å²) in [6.45, 7) is 6.19. The van der Waals surface area contributed by atoms with Gasteiger partial charge in [-0.05, 0) is 19.9 Å². The molecule has 0 atom stereocenters. The highest BCUT2D eigenvalue weighted by molar-refractivity contribution is 4.99. The summed E-state index contributed by atoms with van der Waals surface area (Å²) in [5.74, 6) is 1.14. The summed E-state index contributed by atoms with van der Waals surface area (Å²) in [6.07, 6.45) is 6.53. The Balaban J connectivity index is 1.91. The van der Waals surface area contributed by atoms with Crippen molar-refractivity contribution in [1.29, 1.82) is 0 Å². The predicted molar refractivity (Wildman–Crippen MR) is 74.9 cm³/mol. The highest BCUT2D eigenvalue weighted by Crippen LogP contribution is 2.38. The summed E-state index contributed by atoms with van der Waals surface area (Å²) in [7, 11) is 2.10. The van der Waals surface area contributed by atoms with E-state index in [1.54, 1.807) is 6.26 Å². The average Bonchev–Trinajstić information content (AvgIpc) is 2.99. The number of oxazole rings is 1. The Kier molecular flexibility index (Phi) is 4.63. The number of rotatable bonds is 6. The Morgan fingerprint density at radius 3 is 2.63 bits per heavy atom. The van der Waals surface area contributed by atoms with Crippen molar-refractivity contribution in [2.45, 2.75) is 52.0 Å². The molecule has 0 aliphatic heterocycles. The number of hydrogen-bond donors (Lipinski definition) is 1. The van der Waals surface area contributed by atoms with Gasteiger partial charge >= 0.3 is 0 Å². The predicted octanol–water partition coefficient (Wildman–Crippen LogP) is 2.78. The third kappa shape index (κ3) is 3.57. The molecule has 0 unspecified atom stereocenters. The summed E-state index contributed by atoms with van der Waals surface area (Å²) in [6, 6.07) is 0. The molecule has 1 aromatic heterocycles. The van der Waals surface area contributed by atoms with E-state index in [9.17, 15) is 5.11 Å². The van der Waals surface area contributed by atoms with Gasteiger partial charge in [0.15, 0.2) is 5.89 Å². The van der Waals surface area contributed by atoms with Crippen molar-refractivity contribution in [3.8, 4) is 0 Å². The van der Waals surface area contributed by atoms with Crippen LogP contribution in [0.1, 0.15) is 57.0 Å². The van der Waals surface area contributed by atoms with Gasteiger partial charge in [-0.1, -0.05) is 26.7 Å². The zero-order chi connectivity index (χ0) is 13.9. The Hall–Kier alpha value is -0.870. The van der Waals surface area contributed by atoms with Crippen LogP contribution in [0.2, 0.25) is 0 Å². The Morgan fingerprint density at radius 2 is 2.11 bits per heavy atom. The zero-order valence-corrected chi connectivity index (χ0v) is 12.4. The maximum atomic E-state index is 9.65. The van der Waals surface area contributed by atoms with Gasteiger partial charge in [0.25, 0.3) is 0 Å². The second kappa shape index (κ2) is 6.06. The molecular weight excluding hydrogens is 240 g/mol. The molecule has 4 nitrogen and oxygen atoms in total. The summed E-state index contributed by atoms with van der Waals surface area (Å²) < 4.78 is 5.46. The highest BCUT2D eigenvalue weighted by atomic mass is 16.3. The minimum absolute atomic E-state index is 0.110. The molecule has 0 radical (unpaired) electrons. The Bertz CT molecular complexity index is 395. The second-order valence-electron chi connectivity index (χ2n) is 6.37. The molecule has 4 heteroatoms. The number of aliphatic hydroxyl groups is 1. The van der Waals surface area contributed by atoms with Gasteiger partial charge in [-0.2, -0.15) is 0 Å². The van der Waals surface area contributed by atoms with Crippen molar-refractivity contribution in [2.75, 3.05) is 20.2 Å². The van der Waals surface area contributed by atoms with Crippen LogP contribution in [0.4, 0.5) is 0 Å². The molecule has 1 N–H and O–H groups in total. The quantitative estimate of drug-likeness (QED) is 0.860. The van der Waals surface area contributed by atoms with E-state index < -0.39 is 0 Å². The number of nitrogens with zero attached hydrogens (tertiary/aromatic N) is 2. The van der Waals surface area contributed by atoms with Crippen LogP contribution >= 0.6 is 0 Å². The minimum atomic E-state index is 0.110. The van der Waals surface area contributed by atoms with E-state index in [1.165, 1.54) is 12.8 Å². The maximum Gasteiger partial charge on any atom is 0.196 e. The van der Waals surface area contributed by atoms with Gasteiger partial charge in [-0.25, -0.2) is 4.98 Å². The van der Waals surface area contributed by atoms with Crippen molar-refractivity contribution >= 4 is 0 Å². The molecule has 1 fully saturated rings. The fourth-order valence-electron chi connectivity index (χ4n) is 3.06. The molecule has 2 rings (SSSR count). The molecule has 0 spiro atoms. The number of aromatic nitrogens is 1. The number of hydrogen-bond acceptors (Lipinski definition) is 4. The summed E-state index contributed by atoms with van der Waals surface area (Å²) >= 11 is 0. The van der Waals surface area contributed by atoms with Crippen molar-refractivity contribution in [1.82, 2.24) is 9.88 Å². The Morgan fingerprint density at radius 1 is 1.42 bits per heavy atom. The van der Waals surface area contributed by atoms with Gasteiger partial charge < -0.3 is 9.52 Å². The second-order valence-corrected chi connectivity index (χ2v) is 6.37. The van der Waals surface area contributed by atoms with Crippen molar-refractivity contribution < 1.29 is 9.52 Å². The third-order valence-corrected chi connectivity index (χ3v) is 4.10. The summed E-state index contributed by atoms with van der Waals surface area (Å²) in [5, 5.41) is 9.65. The topological polar surface area (TPSA) is 49.5 Å². The first-order valence-corrected chi connectivity index (χ1v) is 7.28. The fourth-order valence-corrected chi connectivity index (χ4v) is 3.06. The lowest BCUT2D eigenvalue weighted by Crippen LogP contribution is -2.36. The van der Waals surface area contributed by atoms with Gasteiger partial charge in [0.05, 0.1) is 5.69 Å². The third-order valence-electron chi connectivity index (χ3n) is 4.10. The fraction of sp³-hybridized carbons (Fsp3) is 0.800. The lowest BCUT2D eigenvalue weighted by Gasteiger charge is -2.31. The average molecular weight is 266 g/mol. The van der Waals surface area contributed by atoms with Crippen molar-refractivity contribution in [2.24, 2.45) is 5.41 Å². The first kappa shape index (κ1) is 14.5. The van der Waals surface area contributed by atoms with E-state index in [2.05, 4.69) is 30.8 Å². The van der Waals surface area contributed by atoms with Gasteiger partial charge in [0, 0.05) is 31.0 Å². The van der Waals surface area contributed by atoms with Crippen LogP contribution in [0.3, 0.4) is 0 Å². The first-order valence-electron chi connectivity index (χ1n) is 7.28. The van der Waals surface area contributed by atoms with Crippen molar-refractivity contribution in [3.63, 3.8) is 0 Å². The van der Waals surface area contributed by atoms with Gasteiger partial charge in [-0.15, -0.1) is 0 Å². The molecule has 1 aromatic rings. The van der Waals surface area contributed by atoms with E-state index in [4.69, 9.17) is 4.42 Å². The molecule has 1 heterocycles. The van der Waals surface area contributed by atoms with Crippen LogP contribution in [0, 0.1) is 5.41 Å². The van der Waals surface area contributed by atoms with E-state index in [1.807, 2.05) is 0 Å². The van der Waals surface area contributed by atoms with Gasteiger partial charge in [-0.3, -0.25) is 4.90 Å². The SMILES string of the molecule is CC(C)c1nc(CN(C)CC2(CO)CCCC2)co1. The first-order chi connectivity index (χ1) is 9.04. The molecule has 1 aliphatic carbocycles. The maximum absolute atomic E-state index is 9.65. The minimum Gasteiger partial charge on any atom is -0.448 e. The van der Waals surface area contributed by atoms with E-state index in [0.29, 0.717) is 12.5 Å². The summed E-state index contributed by atoms with van der Waals surface area (Å²) in [4.78, 5) is 6.76. The normalized spacial score (nSPS) is 18.6. The van der Waals surface area contributed by atoms with E-state index >= 15 is 0 Å². The van der Waals surface area contributed by atoms with Crippen LogP contribution < -0.4 is 0 Å². The molecule has 0 amide bonds. The molecule has 0 aromatic carbocycles. The molecular formula is C15H26N2O2. The smallest absolute Gasteiger partial charge is 0.196 e. The van der Waals surface area contributed by atoms with Crippen LogP contribution in [-0.2, 0) is 6.54 Å². The van der Waals surface area contributed by atoms with E-state index in [-0.39, 0.29) is 5.41 Å².